The Kier molecular flexibility index (Phi) is 18.4. The quantitative estimate of drug-likeness (QED) is 0.251. The highest BCUT2D eigenvalue weighted by atomic mass is 32.2. The third-order valence-electron chi connectivity index (χ3n) is 3.83. The van der Waals surface area contributed by atoms with Crippen molar-refractivity contribution >= 4 is 35.6 Å². The molecule has 0 aromatic rings. The van der Waals surface area contributed by atoms with E-state index in [2.05, 4.69) is 11.8 Å². The van der Waals surface area contributed by atoms with Gasteiger partial charge >= 0.3 is 17.9 Å². The van der Waals surface area contributed by atoms with Crippen molar-refractivity contribution in [3.8, 4) is 11.8 Å². The van der Waals surface area contributed by atoms with Gasteiger partial charge in [-0.3, -0.25) is 14.4 Å². The average Bonchev–Trinajstić information content (AvgIpc) is 3.22. The van der Waals surface area contributed by atoms with Crippen LogP contribution in [0.4, 0.5) is 0 Å². The van der Waals surface area contributed by atoms with E-state index in [1.165, 1.54) is 4.90 Å². The fraction of sp³-hybridized carbons (Fsp3) is 0.684. The van der Waals surface area contributed by atoms with Crippen molar-refractivity contribution in [3.05, 3.63) is 0 Å². The third-order valence-corrected chi connectivity index (χ3v) is 4.48. The molecule has 0 bridgehead atoms. The number of aliphatic hydroxyl groups is 1. The zero-order valence-electron chi connectivity index (χ0n) is 17.8. The van der Waals surface area contributed by atoms with Gasteiger partial charge < -0.3 is 36.8 Å². The fourth-order valence-electron chi connectivity index (χ4n) is 2.05. The SMILES string of the molecule is CCCC#CC(=O)N1CCC[C@H]1C(=O)O.CSCC[C@H](N)C(=O)O.N[C@@H](CO)C(=O)O. The van der Waals surface area contributed by atoms with Crippen LogP contribution >= 0.6 is 11.8 Å². The minimum Gasteiger partial charge on any atom is -0.480 e. The predicted octanol–water partition coefficient (Wildman–Crippen LogP) is -0.592. The molecule has 0 aromatic carbocycles. The summed E-state index contributed by atoms with van der Waals surface area (Å²) in [6.07, 6.45) is 5.35. The van der Waals surface area contributed by atoms with E-state index in [1.54, 1.807) is 11.8 Å². The molecule has 1 fully saturated rings. The normalized spacial score (nSPS) is 16.3. The van der Waals surface area contributed by atoms with Gasteiger partial charge in [0.15, 0.2) is 0 Å². The van der Waals surface area contributed by atoms with Crippen molar-refractivity contribution < 1.29 is 39.6 Å². The zero-order chi connectivity index (χ0) is 24.4. The number of aliphatic carboxylic acids is 3. The standard InChI is InChI=1S/C11H15NO3.C5H11NO2S.C3H7NO3/c1-2-3-4-7-10(13)12-8-5-6-9(12)11(14)15;1-9-3-2-4(6)5(7)8;4-2(1-5)3(6)7/h9H,2-3,5-6,8H2,1H3,(H,14,15);4H,2-3,6H2,1H3,(H,7,8);2,5H,1,4H2,(H,6,7)/t9-;4-;2-/m000/s1. The molecule has 1 aliphatic heterocycles. The van der Waals surface area contributed by atoms with Gasteiger partial charge in [-0.2, -0.15) is 11.8 Å². The first-order valence-corrected chi connectivity index (χ1v) is 11.0. The van der Waals surface area contributed by atoms with E-state index < -0.39 is 42.6 Å². The highest BCUT2D eigenvalue weighted by molar-refractivity contribution is 7.98. The number of nitrogens with zero attached hydrogens (tertiary/aromatic N) is 1. The maximum atomic E-state index is 11.5. The Balaban J connectivity index is 0. The summed E-state index contributed by atoms with van der Waals surface area (Å²) in [5, 5.41) is 33.0. The van der Waals surface area contributed by atoms with E-state index >= 15 is 0 Å². The molecule has 3 atom stereocenters. The zero-order valence-corrected chi connectivity index (χ0v) is 18.6. The van der Waals surface area contributed by atoms with E-state index in [4.69, 9.17) is 31.9 Å². The number of aliphatic hydroxyl groups excluding tert-OH is 1. The number of nitrogens with two attached hydrogens (primary N) is 2. The van der Waals surface area contributed by atoms with E-state index in [0.29, 0.717) is 25.8 Å². The van der Waals surface area contributed by atoms with E-state index in [0.717, 1.165) is 18.6 Å². The molecule has 178 valence electrons. The predicted molar refractivity (Wildman–Crippen MR) is 116 cm³/mol. The van der Waals surface area contributed by atoms with Gasteiger partial charge in [0.2, 0.25) is 0 Å². The second kappa shape index (κ2) is 18.4. The molecule has 1 rings (SSSR count). The largest absolute Gasteiger partial charge is 0.480 e. The van der Waals surface area contributed by atoms with E-state index in [1.807, 2.05) is 13.2 Å². The lowest BCUT2D eigenvalue weighted by Gasteiger charge is -2.17. The van der Waals surface area contributed by atoms with Crippen LogP contribution in [-0.4, -0.2) is 92.4 Å². The van der Waals surface area contributed by atoms with Gasteiger partial charge in [-0.15, -0.1) is 0 Å². The van der Waals surface area contributed by atoms with Gasteiger partial charge in [-0.05, 0) is 43.6 Å². The number of thioether (sulfide) groups is 1. The van der Waals surface area contributed by atoms with Crippen molar-refractivity contribution in [1.29, 1.82) is 0 Å². The number of hydrogen-bond donors (Lipinski definition) is 6. The Morgan fingerprint density at radius 3 is 2.10 bits per heavy atom. The first-order chi connectivity index (χ1) is 14.5. The maximum Gasteiger partial charge on any atom is 0.326 e. The van der Waals surface area contributed by atoms with Crippen LogP contribution in [0.2, 0.25) is 0 Å². The summed E-state index contributed by atoms with van der Waals surface area (Å²) in [5.41, 5.74) is 9.96. The molecule has 0 spiro atoms. The highest BCUT2D eigenvalue weighted by Crippen LogP contribution is 2.17. The Bertz CT molecular complexity index is 635. The second-order valence-electron chi connectivity index (χ2n) is 6.40. The molecule has 1 saturated heterocycles. The number of hydrogen-bond acceptors (Lipinski definition) is 8. The van der Waals surface area contributed by atoms with Gasteiger partial charge in [-0.1, -0.05) is 12.8 Å². The Hall–Kier alpha value is -2.33. The molecule has 0 unspecified atom stereocenters. The van der Waals surface area contributed by atoms with Gasteiger partial charge in [0.25, 0.3) is 5.91 Å². The molecule has 31 heavy (non-hydrogen) atoms. The smallest absolute Gasteiger partial charge is 0.326 e. The topological polar surface area (TPSA) is 204 Å². The molecule has 1 heterocycles. The minimum atomic E-state index is -1.18. The summed E-state index contributed by atoms with van der Waals surface area (Å²) in [5.74, 6) is 2.66. The van der Waals surface area contributed by atoms with E-state index in [-0.39, 0.29) is 5.91 Å². The third kappa shape index (κ3) is 15.2. The monoisotopic (exact) mass is 463 g/mol. The summed E-state index contributed by atoms with van der Waals surface area (Å²) < 4.78 is 0. The van der Waals surface area contributed by atoms with Crippen LogP contribution in [-0.2, 0) is 19.2 Å². The van der Waals surface area contributed by atoms with Gasteiger partial charge in [-0.25, -0.2) is 4.79 Å². The second-order valence-corrected chi connectivity index (χ2v) is 7.39. The number of unbranched alkanes of at least 4 members (excludes halogenated alkanes) is 1. The van der Waals surface area contributed by atoms with Crippen LogP contribution in [0, 0.1) is 11.8 Å². The molecule has 11 nitrogen and oxygen atoms in total. The van der Waals surface area contributed by atoms with Crippen molar-refractivity contribution in [3.63, 3.8) is 0 Å². The fourth-order valence-corrected chi connectivity index (χ4v) is 2.54. The van der Waals surface area contributed by atoms with Crippen molar-refractivity contribution in [2.75, 3.05) is 25.2 Å². The summed E-state index contributed by atoms with van der Waals surface area (Å²) >= 11 is 1.60. The Morgan fingerprint density at radius 1 is 1.13 bits per heavy atom. The lowest BCUT2D eigenvalue weighted by molar-refractivity contribution is -0.146. The number of carboxylic acids is 3. The molecular weight excluding hydrogens is 430 g/mol. The van der Waals surface area contributed by atoms with Crippen LogP contribution < -0.4 is 11.5 Å². The number of carbonyl (C=O) groups excluding carboxylic acids is 1. The van der Waals surface area contributed by atoms with Crippen LogP contribution in [0.25, 0.3) is 0 Å². The Labute approximate surface area is 186 Å². The van der Waals surface area contributed by atoms with Crippen molar-refractivity contribution in [2.24, 2.45) is 11.5 Å². The van der Waals surface area contributed by atoms with Crippen molar-refractivity contribution in [2.45, 2.75) is 57.2 Å². The molecule has 1 aliphatic rings. The van der Waals surface area contributed by atoms with Gasteiger partial charge in [0.1, 0.15) is 18.1 Å². The molecule has 1 amide bonds. The molecule has 0 radical (unpaired) electrons. The first-order valence-electron chi connectivity index (χ1n) is 9.62. The van der Waals surface area contributed by atoms with Gasteiger partial charge in [0.05, 0.1) is 6.61 Å². The number of rotatable bonds is 8. The lowest BCUT2D eigenvalue weighted by Crippen LogP contribution is -2.39. The summed E-state index contributed by atoms with van der Waals surface area (Å²) in [6, 6.07) is -2.48. The molecule has 0 aliphatic carbocycles. The molecule has 0 aromatic heterocycles. The molecule has 0 saturated carbocycles. The van der Waals surface area contributed by atoms with E-state index in [9.17, 15) is 19.2 Å². The van der Waals surface area contributed by atoms with Crippen LogP contribution in [0.1, 0.15) is 39.0 Å². The number of likely N-dealkylation sites (tertiary alicyclic amines) is 1. The maximum absolute atomic E-state index is 11.5. The molecule has 8 N–H and O–H groups in total. The minimum absolute atomic E-state index is 0.353. The van der Waals surface area contributed by atoms with Crippen LogP contribution in [0.3, 0.4) is 0 Å². The first kappa shape index (κ1) is 30.9. The number of carboxylic acid groups (broad SMARTS) is 3. The number of carbonyl (C=O) groups is 4. The van der Waals surface area contributed by atoms with Crippen molar-refractivity contribution in [1.82, 2.24) is 4.90 Å². The summed E-state index contributed by atoms with van der Waals surface area (Å²) in [6.45, 7) is 1.99. The molecule has 12 heteroatoms. The summed E-state index contributed by atoms with van der Waals surface area (Å²) in [7, 11) is 0. The number of amides is 1. The lowest BCUT2D eigenvalue weighted by atomic mass is 10.2. The average molecular weight is 464 g/mol. The van der Waals surface area contributed by atoms with Crippen LogP contribution in [0.15, 0.2) is 0 Å². The van der Waals surface area contributed by atoms with Gasteiger partial charge in [0, 0.05) is 13.0 Å². The highest BCUT2D eigenvalue weighted by Gasteiger charge is 2.33. The molecular formula is C19H33N3O8S. The Morgan fingerprint density at radius 2 is 1.71 bits per heavy atom. The summed E-state index contributed by atoms with van der Waals surface area (Å²) in [4.78, 5) is 43.4. The van der Waals surface area contributed by atoms with Crippen LogP contribution in [0.5, 0.6) is 0 Å².